The maximum atomic E-state index is 4.74. The van der Waals surface area contributed by atoms with Gasteiger partial charge < -0.3 is 13.3 Å². The SMILES string of the molecule is CCCCCCCCCC.CO[SiH](OC)OC.F. The van der Waals surface area contributed by atoms with E-state index in [0.717, 1.165) is 0 Å². The molecule has 0 heterocycles. The standard InChI is InChI=1S/C10H22.C3H10O3Si.FH/c1-3-5-7-9-10-8-6-4-2;1-4-7(5-2)6-3;/h3-10H2,1-2H3;7H,1-3H3;1H. The molecule has 5 heteroatoms. The predicted molar refractivity (Wildman–Crippen MR) is 79.0 cm³/mol. The van der Waals surface area contributed by atoms with E-state index in [4.69, 9.17) is 13.3 Å². The molecule has 0 aromatic rings. The van der Waals surface area contributed by atoms with Crippen molar-refractivity contribution in [2.24, 2.45) is 0 Å². The number of hydrogen-bond donors (Lipinski definition) is 0. The summed E-state index contributed by atoms with van der Waals surface area (Å²) in [7, 11) is 3.05. The molecule has 0 aromatic heterocycles. The van der Waals surface area contributed by atoms with E-state index in [9.17, 15) is 0 Å². The summed E-state index contributed by atoms with van der Waals surface area (Å²) < 4.78 is 14.2. The Morgan fingerprint density at radius 1 is 0.611 bits per heavy atom. The fourth-order valence-electron chi connectivity index (χ4n) is 1.50. The monoisotopic (exact) mass is 284 g/mol. The molecule has 0 atom stereocenters. The molecule has 0 radical (unpaired) electrons. The van der Waals surface area contributed by atoms with Gasteiger partial charge in [-0.1, -0.05) is 65.2 Å². The zero-order valence-corrected chi connectivity index (χ0v) is 14.0. The number of halogens is 1. The molecule has 0 aliphatic rings. The van der Waals surface area contributed by atoms with Crippen LogP contribution in [0, 0.1) is 0 Å². The Morgan fingerprint density at radius 2 is 0.889 bits per heavy atom. The van der Waals surface area contributed by atoms with Gasteiger partial charge in [0.05, 0.1) is 0 Å². The lowest BCUT2D eigenvalue weighted by molar-refractivity contribution is 0.163. The van der Waals surface area contributed by atoms with Crippen molar-refractivity contribution in [3.05, 3.63) is 0 Å². The van der Waals surface area contributed by atoms with Gasteiger partial charge in [-0.05, 0) is 0 Å². The smallest absolute Gasteiger partial charge is 0.379 e. The zero-order chi connectivity index (χ0) is 13.4. The van der Waals surface area contributed by atoms with E-state index in [0.29, 0.717) is 0 Å². The highest BCUT2D eigenvalue weighted by molar-refractivity contribution is 6.36. The third-order valence-electron chi connectivity index (χ3n) is 2.53. The van der Waals surface area contributed by atoms with Crippen LogP contribution in [0.25, 0.3) is 0 Å². The molecular weight excluding hydrogens is 251 g/mol. The molecule has 0 spiro atoms. The zero-order valence-electron chi connectivity index (χ0n) is 12.9. The normalized spacial score (nSPS) is 9.67. The molecule has 0 aliphatic carbocycles. The molecule has 0 aromatic carbocycles. The van der Waals surface area contributed by atoms with Crippen molar-refractivity contribution in [2.75, 3.05) is 21.3 Å². The first-order chi connectivity index (χ1) is 8.26. The van der Waals surface area contributed by atoms with E-state index >= 15 is 0 Å². The van der Waals surface area contributed by atoms with Crippen LogP contribution in [0.15, 0.2) is 0 Å². The molecule has 114 valence electrons. The topological polar surface area (TPSA) is 27.7 Å². The summed E-state index contributed by atoms with van der Waals surface area (Å²) in [5.41, 5.74) is 0. The van der Waals surface area contributed by atoms with Crippen molar-refractivity contribution in [1.29, 1.82) is 0 Å². The van der Waals surface area contributed by atoms with Crippen LogP contribution in [0.4, 0.5) is 4.70 Å². The third kappa shape index (κ3) is 21.3. The highest BCUT2D eigenvalue weighted by Crippen LogP contribution is 2.07. The quantitative estimate of drug-likeness (QED) is 0.449. The number of rotatable bonds is 10. The fourth-order valence-corrected chi connectivity index (χ4v) is 2.07. The van der Waals surface area contributed by atoms with E-state index in [2.05, 4.69) is 13.8 Å². The van der Waals surface area contributed by atoms with Gasteiger partial charge in [0, 0.05) is 21.3 Å². The van der Waals surface area contributed by atoms with Gasteiger partial charge in [0.15, 0.2) is 0 Å². The van der Waals surface area contributed by atoms with Gasteiger partial charge in [0.1, 0.15) is 0 Å². The van der Waals surface area contributed by atoms with Crippen LogP contribution < -0.4 is 0 Å². The first-order valence-electron chi connectivity index (χ1n) is 6.85. The van der Waals surface area contributed by atoms with Gasteiger partial charge in [-0.3, -0.25) is 4.70 Å². The molecule has 0 bridgehead atoms. The van der Waals surface area contributed by atoms with E-state index < -0.39 is 9.53 Å². The Hall–Kier alpha value is 0.0269. The molecule has 0 saturated carbocycles. The first kappa shape index (κ1) is 23.1. The lowest BCUT2D eigenvalue weighted by Gasteiger charge is -2.05. The molecule has 0 unspecified atom stereocenters. The molecule has 0 fully saturated rings. The van der Waals surface area contributed by atoms with Crippen LogP contribution in [0.5, 0.6) is 0 Å². The van der Waals surface area contributed by atoms with Crippen LogP contribution >= 0.6 is 0 Å². The molecule has 0 N–H and O–H groups in total. The van der Waals surface area contributed by atoms with E-state index in [1.165, 1.54) is 51.4 Å². The average Bonchev–Trinajstić information content (AvgIpc) is 2.37. The van der Waals surface area contributed by atoms with Crippen LogP contribution in [-0.2, 0) is 13.3 Å². The average molecular weight is 284 g/mol. The fraction of sp³-hybridized carbons (Fsp3) is 1.00. The van der Waals surface area contributed by atoms with E-state index in [1.54, 1.807) is 21.3 Å². The molecule has 3 nitrogen and oxygen atoms in total. The van der Waals surface area contributed by atoms with Crippen molar-refractivity contribution < 1.29 is 18.0 Å². The maximum Gasteiger partial charge on any atom is 0.483 e. The van der Waals surface area contributed by atoms with Crippen molar-refractivity contribution in [3.8, 4) is 0 Å². The Kier molecular flexibility index (Phi) is 28.6. The summed E-state index contributed by atoms with van der Waals surface area (Å²) >= 11 is 0. The molecular formula is C13H33FO3Si. The molecule has 0 saturated heterocycles. The van der Waals surface area contributed by atoms with Gasteiger partial charge in [-0.2, -0.15) is 0 Å². The van der Waals surface area contributed by atoms with Gasteiger partial charge in [-0.25, -0.2) is 0 Å². The van der Waals surface area contributed by atoms with Gasteiger partial charge in [-0.15, -0.1) is 0 Å². The highest BCUT2D eigenvalue weighted by Gasteiger charge is 2.04. The van der Waals surface area contributed by atoms with Crippen LogP contribution in [0.3, 0.4) is 0 Å². The molecule has 0 rings (SSSR count). The number of hydrogen-bond acceptors (Lipinski definition) is 3. The Balaban J connectivity index is -0.000000251. The summed E-state index contributed by atoms with van der Waals surface area (Å²) in [6.07, 6.45) is 11.5. The summed E-state index contributed by atoms with van der Waals surface area (Å²) in [6, 6.07) is 0. The van der Waals surface area contributed by atoms with Gasteiger partial charge in [0.25, 0.3) is 0 Å². The van der Waals surface area contributed by atoms with Crippen LogP contribution in [0.1, 0.15) is 65.2 Å². The molecule has 0 aliphatic heterocycles. The van der Waals surface area contributed by atoms with Crippen molar-refractivity contribution in [3.63, 3.8) is 0 Å². The second-order valence-electron chi connectivity index (χ2n) is 4.12. The summed E-state index contributed by atoms with van der Waals surface area (Å²) in [4.78, 5) is 0. The third-order valence-corrected chi connectivity index (χ3v) is 3.69. The second kappa shape index (κ2) is 22.2. The lowest BCUT2D eigenvalue weighted by atomic mass is 10.1. The summed E-state index contributed by atoms with van der Waals surface area (Å²) in [6.45, 7) is 4.54. The minimum absolute atomic E-state index is 0. The first-order valence-corrected chi connectivity index (χ1v) is 8.26. The Bertz CT molecular complexity index is 111. The summed E-state index contributed by atoms with van der Waals surface area (Å²) in [5, 5.41) is 0. The predicted octanol–water partition coefficient (Wildman–Crippen LogP) is 3.94. The Labute approximate surface area is 115 Å². The number of unbranched alkanes of at least 4 members (excludes halogenated alkanes) is 7. The summed E-state index contributed by atoms with van der Waals surface area (Å²) in [5.74, 6) is 0. The second-order valence-corrected chi connectivity index (χ2v) is 6.11. The lowest BCUT2D eigenvalue weighted by Crippen LogP contribution is -2.21. The van der Waals surface area contributed by atoms with Crippen LogP contribution in [-0.4, -0.2) is 30.9 Å². The van der Waals surface area contributed by atoms with Crippen molar-refractivity contribution in [1.82, 2.24) is 0 Å². The van der Waals surface area contributed by atoms with E-state index in [-0.39, 0.29) is 4.70 Å². The Morgan fingerprint density at radius 3 is 1.06 bits per heavy atom. The van der Waals surface area contributed by atoms with Gasteiger partial charge >= 0.3 is 9.53 Å². The minimum Gasteiger partial charge on any atom is -0.379 e. The minimum atomic E-state index is -1.67. The van der Waals surface area contributed by atoms with Crippen LogP contribution in [0.2, 0.25) is 0 Å². The van der Waals surface area contributed by atoms with Gasteiger partial charge in [0.2, 0.25) is 0 Å². The molecule has 0 amide bonds. The van der Waals surface area contributed by atoms with Crippen molar-refractivity contribution in [2.45, 2.75) is 65.2 Å². The largest absolute Gasteiger partial charge is 0.483 e. The highest BCUT2D eigenvalue weighted by atomic mass is 28.3. The maximum absolute atomic E-state index is 4.74. The van der Waals surface area contributed by atoms with E-state index in [1.807, 2.05) is 0 Å². The van der Waals surface area contributed by atoms with Crippen molar-refractivity contribution >= 4 is 9.53 Å². The molecule has 18 heavy (non-hydrogen) atoms.